The molecule has 1 saturated heterocycles. The summed E-state index contributed by atoms with van der Waals surface area (Å²) in [5.74, 6) is 0.00298. The molecule has 0 spiro atoms. The van der Waals surface area contributed by atoms with Crippen LogP contribution in [0.2, 0.25) is 5.02 Å². The third kappa shape index (κ3) is 3.26. The molecule has 2 aromatic carbocycles. The molecule has 0 bridgehead atoms. The van der Waals surface area contributed by atoms with Crippen molar-refractivity contribution >= 4 is 33.9 Å². The van der Waals surface area contributed by atoms with E-state index in [1.807, 2.05) is 31.3 Å². The Bertz CT molecular complexity index is 1070. The molecular weight excluding hydrogens is 372 g/mol. The Labute approximate surface area is 169 Å². The molecule has 0 radical (unpaired) electrons. The Morgan fingerprint density at radius 2 is 2.04 bits per heavy atom. The number of para-hydroxylation sites is 1. The normalized spacial score (nSPS) is 15.0. The van der Waals surface area contributed by atoms with Gasteiger partial charge in [-0.3, -0.25) is 4.98 Å². The van der Waals surface area contributed by atoms with Gasteiger partial charge in [-0.1, -0.05) is 35.9 Å². The van der Waals surface area contributed by atoms with Crippen molar-refractivity contribution in [2.75, 3.05) is 25.0 Å². The lowest BCUT2D eigenvalue weighted by Gasteiger charge is -2.34. The molecule has 1 aromatic heterocycles. The van der Waals surface area contributed by atoms with Crippen LogP contribution in [0.15, 0.2) is 42.6 Å². The summed E-state index contributed by atoms with van der Waals surface area (Å²) in [5, 5.41) is 15.4. The van der Waals surface area contributed by atoms with Gasteiger partial charge in [-0.2, -0.15) is 0 Å². The number of phenolic OH excluding ortho intramolecular Hbond substituents is 1. The van der Waals surface area contributed by atoms with E-state index in [1.54, 1.807) is 18.3 Å². The van der Waals surface area contributed by atoms with Crippen molar-refractivity contribution in [1.82, 2.24) is 10.3 Å². The van der Waals surface area contributed by atoms with Gasteiger partial charge in [-0.15, -0.1) is 0 Å². The first kappa shape index (κ1) is 18.5. The number of nitrogens with one attached hydrogen (secondary N) is 1. The third-order valence-corrected chi connectivity index (χ3v) is 5.74. The standard InChI is InChI=1S/C22H21ClN4O/c1-24-15-8-10-27(11-9-15)21-17-12-14(6-7-19(17)26-13-18(21)23)16-4-3-5-20(25-2)22(16)28/h3-7,12-13,15,24,28H,8-11H2,1H3. The fourth-order valence-electron chi connectivity index (χ4n) is 3.89. The van der Waals surface area contributed by atoms with E-state index >= 15 is 0 Å². The number of aromatic hydroxyl groups is 1. The zero-order valence-corrected chi connectivity index (χ0v) is 16.4. The van der Waals surface area contributed by atoms with Crippen LogP contribution in [0, 0.1) is 6.57 Å². The topological polar surface area (TPSA) is 52.8 Å². The lowest BCUT2D eigenvalue weighted by Crippen LogP contribution is -2.41. The van der Waals surface area contributed by atoms with Crippen LogP contribution in [0.5, 0.6) is 5.75 Å². The molecule has 142 valence electrons. The number of aromatic nitrogens is 1. The van der Waals surface area contributed by atoms with Gasteiger partial charge in [0, 0.05) is 36.3 Å². The molecule has 1 fully saturated rings. The van der Waals surface area contributed by atoms with Gasteiger partial charge in [0.1, 0.15) is 5.75 Å². The second kappa shape index (κ2) is 7.67. The summed E-state index contributed by atoms with van der Waals surface area (Å²) in [6, 6.07) is 11.6. The number of nitrogens with zero attached hydrogens (tertiary/aromatic N) is 3. The van der Waals surface area contributed by atoms with Crippen LogP contribution in [0.25, 0.3) is 26.9 Å². The average Bonchev–Trinajstić information content (AvgIpc) is 2.73. The van der Waals surface area contributed by atoms with E-state index < -0.39 is 0 Å². The minimum absolute atomic E-state index is 0.00298. The second-order valence-electron chi connectivity index (χ2n) is 7.02. The van der Waals surface area contributed by atoms with Gasteiger partial charge < -0.3 is 15.3 Å². The Kier molecular flexibility index (Phi) is 5.08. The zero-order valence-electron chi connectivity index (χ0n) is 15.6. The van der Waals surface area contributed by atoms with Gasteiger partial charge in [0.2, 0.25) is 5.69 Å². The molecule has 0 aliphatic carbocycles. The van der Waals surface area contributed by atoms with Crippen molar-refractivity contribution in [3.63, 3.8) is 0 Å². The molecule has 0 atom stereocenters. The lowest BCUT2D eigenvalue weighted by molar-refractivity contribution is 0.443. The van der Waals surface area contributed by atoms with Crippen LogP contribution < -0.4 is 10.2 Å². The summed E-state index contributed by atoms with van der Waals surface area (Å²) in [7, 11) is 2.01. The summed E-state index contributed by atoms with van der Waals surface area (Å²) in [6.07, 6.45) is 3.83. The fraction of sp³-hybridized carbons (Fsp3) is 0.273. The Balaban J connectivity index is 1.82. The van der Waals surface area contributed by atoms with Crippen LogP contribution in [0.4, 0.5) is 11.4 Å². The molecule has 0 unspecified atom stereocenters. The Morgan fingerprint density at radius 3 is 2.75 bits per heavy atom. The Morgan fingerprint density at radius 1 is 1.25 bits per heavy atom. The first-order chi connectivity index (χ1) is 13.6. The van der Waals surface area contributed by atoms with E-state index in [2.05, 4.69) is 20.0 Å². The number of fused-ring (bicyclic) bond motifs is 1. The van der Waals surface area contributed by atoms with Crippen LogP contribution in [0.1, 0.15) is 12.8 Å². The quantitative estimate of drug-likeness (QED) is 0.616. The van der Waals surface area contributed by atoms with Gasteiger partial charge in [0.05, 0.1) is 22.8 Å². The summed E-state index contributed by atoms with van der Waals surface area (Å²) in [5.41, 5.74) is 3.57. The summed E-state index contributed by atoms with van der Waals surface area (Å²) >= 11 is 6.58. The molecular formula is C22H21ClN4O. The molecule has 4 rings (SSSR count). The highest BCUT2D eigenvalue weighted by molar-refractivity contribution is 6.34. The van der Waals surface area contributed by atoms with Gasteiger partial charge in [0.25, 0.3) is 0 Å². The molecule has 1 aliphatic heterocycles. The monoisotopic (exact) mass is 392 g/mol. The summed E-state index contributed by atoms with van der Waals surface area (Å²) < 4.78 is 0. The van der Waals surface area contributed by atoms with Gasteiger partial charge >= 0.3 is 0 Å². The molecule has 0 saturated carbocycles. The average molecular weight is 393 g/mol. The lowest BCUT2D eigenvalue weighted by atomic mass is 9.99. The predicted octanol–water partition coefficient (Wildman–Crippen LogP) is 5.00. The van der Waals surface area contributed by atoms with Gasteiger partial charge in [0.15, 0.2) is 0 Å². The third-order valence-electron chi connectivity index (χ3n) is 5.46. The largest absolute Gasteiger partial charge is 0.518 e. The van der Waals surface area contributed by atoms with Crippen molar-refractivity contribution in [2.45, 2.75) is 18.9 Å². The highest BCUT2D eigenvalue weighted by Gasteiger charge is 2.22. The van der Waals surface area contributed by atoms with Crippen molar-refractivity contribution in [3.8, 4) is 16.9 Å². The maximum atomic E-state index is 10.5. The maximum Gasteiger partial charge on any atom is 0.228 e. The molecule has 3 aromatic rings. The van der Waals surface area contributed by atoms with Crippen molar-refractivity contribution in [1.29, 1.82) is 0 Å². The summed E-state index contributed by atoms with van der Waals surface area (Å²) in [6.45, 7) is 9.08. The first-order valence-electron chi connectivity index (χ1n) is 9.32. The highest BCUT2D eigenvalue weighted by atomic mass is 35.5. The highest BCUT2D eigenvalue weighted by Crippen LogP contribution is 2.41. The molecule has 5 nitrogen and oxygen atoms in total. The molecule has 28 heavy (non-hydrogen) atoms. The minimum atomic E-state index is 0.00298. The molecule has 2 heterocycles. The van der Waals surface area contributed by atoms with E-state index in [0.29, 0.717) is 16.6 Å². The minimum Gasteiger partial charge on any atom is -0.518 e. The SMILES string of the molecule is [C-]#[N+]c1cccc(-c2ccc3ncc(Cl)c(N4CCC(NC)CC4)c3c2)c1O. The summed E-state index contributed by atoms with van der Waals surface area (Å²) in [4.78, 5) is 10.2. The number of phenols is 1. The first-order valence-corrected chi connectivity index (χ1v) is 9.70. The van der Waals surface area contributed by atoms with Crippen LogP contribution in [-0.2, 0) is 0 Å². The van der Waals surface area contributed by atoms with Gasteiger partial charge in [-0.25, -0.2) is 4.85 Å². The van der Waals surface area contributed by atoms with E-state index in [-0.39, 0.29) is 11.4 Å². The maximum absolute atomic E-state index is 10.5. The van der Waals surface area contributed by atoms with E-state index in [9.17, 15) is 5.11 Å². The number of benzene rings is 2. The number of hydrogen-bond acceptors (Lipinski definition) is 4. The molecule has 2 N–H and O–H groups in total. The van der Waals surface area contributed by atoms with Gasteiger partial charge in [-0.05, 0) is 37.6 Å². The predicted molar refractivity (Wildman–Crippen MR) is 114 cm³/mol. The number of hydrogen-bond donors (Lipinski definition) is 2. The smallest absolute Gasteiger partial charge is 0.228 e. The van der Waals surface area contributed by atoms with Crippen LogP contribution in [0.3, 0.4) is 0 Å². The fourth-order valence-corrected chi connectivity index (χ4v) is 4.16. The zero-order chi connectivity index (χ0) is 19.7. The number of pyridine rings is 1. The molecule has 0 amide bonds. The second-order valence-corrected chi connectivity index (χ2v) is 7.43. The van der Waals surface area contributed by atoms with E-state index in [0.717, 1.165) is 48.1 Å². The Hall–Kier alpha value is -2.81. The van der Waals surface area contributed by atoms with Crippen molar-refractivity contribution in [3.05, 3.63) is 59.0 Å². The molecule has 1 aliphatic rings. The number of anilines is 1. The van der Waals surface area contributed by atoms with Crippen molar-refractivity contribution in [2.24, 2.45) is 0 Å². The van der Waals surface area contributed by atoms with Crippen molar-refractivity contribution < 1.29 is 5.11 Å². The van der Waals surface area contributed by atoms with Crippen LogP contribution in [-0.4, -0.2) is 36.3 Å². The number of halogens is 1. The number of piperidine rings is 1. The van der Waals surface area contributed by atoms with E-state index in [1.165, 1.54) is 0 Å². The van der Waals surface area contributed by atoms with E-state index in [4.69, 9.17) is 18.2 Å². The molecule has 6 heteroatoms. The number of rotatable bonds is 3. The van der Waals surface area contributed by atoms with Crippen LogP contribution >= 0.6 is 11.6 Å².